The van der Waals surface area contributed by atoms with E-state index in [1.807, 2.05) is 0 Å². The molecule has 0 radical (unpaired) electrons. The van der Waals surface area contributed by atoms with Crippen LogP contribution in [0.5, 0.6) is 5.75 Å². The Bertz CT molecular complexity index is 446. The van der Waals surface area contributed by atoms with Gasteiger partial charge in [-0.2, -0.15) is 0 Å². The summed E-state index contributed by atoms with van der Waals surface area (Å²) in [6.45, 7) is 2.08. The monoisotopic (exact) mass is 281 g/mol. The Hall–Kier alpha value is -1.47. The molecule has 1 aromatic rings. The highest BCUT2D eigenvalue weighted by Crippen LogP contribution is 2.22. The van der Waals surface area contributed by atoms with Crippen molar-refractivity contribution in [2.75, 3.05) is 13.7 Å². The Morgan fingerprint density at radius 3 is 2.94 bits per heavy atom. The molecule has 3 nitrogen and oxygen atoms in total. The van der Waals surface area contributed by atoms with Gasteiger partial charge < -0.3 is 10.1 Å². The second kappa shape index (κ2) is 6.19. The second-order valence-electron chi connectivity index (χ2n) is 2.96. The van der Waals surface area contributed by atoms with Crippen LogP contribution in [0, 0.1) is 11.8 Å². The Balaban J connectivity index is 2.83. The molecule has 0 atom stereocenters. The third-order valence-electron chi connectivity index (χ3n) is 1.93. The maximum Gasteiger partial charge on any atom is 0.253 e. The summed E-state index contributed by atoms with van der Waals surface area (Å²) in [6, 6.07) is 5.24. The van der Waals surface area contributed by atoms with Crippen molar-refractivity contribution in [2.45, 2.75) is 6.92 Å². The summed E-state index contributed by atoms with van der Waals surface area (Å²) in [5.74, 6) is 5.95. The van der Waals surface area contributed by atoms with E-state index in [-0.39, 0.29) is 5.91 Å². The minimum Gasteiger partial charge on any atom is -0.497 e. The van der Waals surface area contributed by atoms with E-state index in [0.29, 0.717) is 17.9 Å². The summed E-state index contributed by atoms with van der Waals surface area (Å²) in [5, 5.41) is 2.69. The topological polar surface area (TPSA) is 38.3 Å². The number of amides is 1. The Kier molecular flexibility index (Phi) is 4.87. The highest BCUT2D eigenvalue weighted by Gasteiger charge is 2.10. The second-order valence-corrected chi connectivity index (χ2v) is 3.81. The van der Waals surface area contributed by atoms with Crippen molar-refractivity contribution in [1.82, 2.24) is 5.32 Å². The largest absolute Gasteiger partial charge is 0.497 e. The maximum absolute atomic E-state index is 11.7. The van der Waals surface area contributed by atoms with Crippen LogP contribution in [0.3, 0.4) is 0 Å². The van der Waals surface area contributed by atoms with Crippen molar-refractivity contribution in [3.05, 3.63) is 28.2 Å². The van der Waals surface area contributed by atoms with Crippen LogP contribution in [-0.4, -0.2) is 19.6 Å². The third kappa shape index (κ3) is 3.28. The summed E-state index contributed by atoms with van der Waals surface area (Å²) in [6.07, 6.45) is 0. The number of ether oxygens (including phenoxy) is 1. The number of carbonyl (C=O) groups excluding carboxylic acids is 1. The molecule has 0 aliphatic heterocycles. The number of methoxy groups -OCH3 is 1. The van der Waals surface area contributed by atoms with Crippen molar-refractivity contribution in [3.8, 4) is 17.6 Å². The lowest BCUT2D eigenvalue weighted by molar-refractivity contribution is 0.0957. The maximum atomic E-state index is 11.7. The predicted octanol–water partition coefficient (Wildman–Crippen LogP) is 2.21. The van der Waals surface area contributed by atoms with E-state index >= 15 is 0 Å². The number of halogens is 1. The standard InChI is InChI=1S/C12H12BrNO2/c1-3-4-7-14-12(15)10-8-9(16-2)5-6-11(10)13/h5-6,8H,7H2,1-2H3,(H,14,15). The summed E-state index contributed by atoms with van der Waals surface area (Å²) in [5.41, 5.74) is 0.539. The van der Waals surface area contributed by atoms with Crippen LogP contribution >= 0.6 is 15.9 Å². The molecule has 1 amide bonds. The van der Waals surface area contributed by atoms with Gasteiger partial charge in [-0.1, -0.05) is 5.92 Å². The molecule has 0 spiro atoms. The van der Waals surface area contributed by atoms with Gasteiger partial charge in [0, 0.05) is 4.47 Å². The number of hydrogen-bond donors (Lipinski definition) is 1. The van der Waals surface area contributed by atoms with E-state index in [1.165, 1.54) is 0 Å². The number of rotatable bonds is 3. The Morgan fingerprint density at radius 2 is 2.31 bits per heavy atom. The summed E-state index contributed by atoms with van der Waals surface area (Å²) in [7, 11) is 1.56. The molecule has 0 aromatic heterocycles. The van der Waals surface area contributed by atoms with Crippen LogP contribution < -0.4 is 10.1 Å². The highest BCUT2D eigenvalue weighted by molar-refractivity contribution is 9.10. The van der Waals surface area contributed by atoms with E-state index in [0.717, 1.165) is 4.47 Å². The SMILES string of the molecule is CC#CCNC(=O)c1cc(OC)ccc1Br. The van der Waals surface area contributed by atoms with Crippen LogP contribution in [0.1, 0.15) is 17.3 Å². The molecule has 1 rings (SSSR count). The summed E-state index contributed by atoms with van der Waals surface area (Å²) < 4.78 is 5.79. The lowest BCUT2D eigenvalue weighted by atomic mass is 10.2. The fourth-order valence-corrected chi connectivity index (χ4v) is 1.54. The minimum absolute atomic E-state index is 0.173. The molecule has 0 aliphatic carbocycles. The molecule has 0 unspecified atom stereocenters. The van der Waals surface area contributed by atoms with E-state index < -0.39 is 0 Å². The first kappa shape index (κ1) is 12.6. The average Bonchev–Trinajstić information content (AvgIpc) is 2.30. The molecule has 0 aliphatic rings. The minimum atomic E-state index is -0.173. The van der Waals surface area contributed by atoms with Gasteiger partial charge in [0.25, 0.3) is 5.91 Å². The number of carbonyl (C=O) groups is 1. The zero-order valence-corrected chi connectivity index (χ0v) is 10.7. The zero-order valence-electron chi connectivity index (χ0n) is 9.13. The van der Waals surface area contributed by atoms with Crippen LogP contribution in [0.4, 0.5) is 0 Å². The van der Waals surface area contributed by atoms with Crippen LogP contribution in [0.25, 0.3) is 0 Å². The van der Waals surface area contributed by atoms with Crippen LogP contribution in [0.15, 0.2) is 22.7 Å². The first-order valence-electron chi connectivity index (χ1n) is 4.70. The highest BCUT2D eigenvalue weighted by atomic mass is 79.9. The molecule has 0 saturated heterocycles. The van der Waals surface area contributed by atoms with E-state index in [4.69, 9.17) is 4.74 Å². The Morgan fingerprint density at radius 1 is 1.56 bits per heavy atom. The summed E-state index contributed by atoms with van der Waals surface area (Å²) >= 11 is 3.32. The van der Waals surface area contributed by atoms with Gasteiger partial charge in [-0.3, -0.25) is 4.79 Å². The lowest BCUT2D eigenvalue weighted by Gasteiger charge is -2.06. The summed E-state index contributed by atoms with van der Waals surface area (Å²) in [4.78, 5) is 11.7. The molecule has 0 saturated carbocycles. The molecular weight excluding hydrogens is 270 g/mol. The zero-order chi connectivity index (χ0) is 12.0. The smallest absolute Gasteiger partial charge is 0.253 e. The molecule has 1 N–H and O–H groups in total. The van der Waals surface area contributed by atoms with E-state index in [9.17, 15) is 4.79 Å². The van der Waals surface area contributed by atoms with Crippen LogP contribution in [0.2, 0.25) is 0 Å². The lowest BCUT2D eigenvalue weighted by Crippen LogP contribution is -2.23. The third-order valence-corrected chi connectivity index (χ3v) is 2.62. The normalized spacial score (nSPS) is 8.94. The van der Waals surface area contributed by atoms with Gasteiger partial charge in [0.1, 0.15) is 5.75 Å². The quantitative estimate of drug-likeness (QED) is 0.863. The molecule has 0 bridgehead atoms. The van der Waals surface area contributed by atoms with Crippen LogP contribution in [-0.2, 0) is 0 Å². The average molecular weight is 282 g/mol. The molecule has 4 heteroatoms. The fraction of sp³-hybridized carbons (Fsp3) is 0.250. The molecular formula is C12H12BrNO2. The number of hydrogen-bond acceptors (Lipinski definition) is 2. The van der Waals surface area contributed by atoms with Gasteiger partial charge in [0.15, 0.2) is 0 Å². The van der Waals surface area contributed by atoms with E-state index in [1.54, 1.807) is 32.2 Å². The van der Waals surface area contributed by atoms with Crippen molar-refractivity contribution < 1.29 is 9.53 Å². The molecule has 84 valence electrons. The van der Waals surface area contributed by atoms with E-state index in [2.05, 4.69) is 33.1 Å². The van der Waals surface area contributed by atoms with Crippen molar-refractivity contribution in [2.24, 2.45) is 0 Å². The van der Waals surface area contributed by atoms with Gasteiger partial charge >= 0.3 is 0 Å². The molecule has 1 aromatic carbocycles. The van der Waals surface area contributed by atoms with Gasteiger partial charge in [0.05, 0.1) is 19.2 Å². The van der Waals surface area contributed by atoms with Gasteiger partial charge in [-0.15, -0.1) is 5.92 Å². The first-order valence-corrected chi connectivity index (χ1v) is 5.49. The first-order chi connectivity index (χ1) is 7.69. The fourth-order valence-electron chi connectivity index (χ4n) is 1.11. The molecule has 16 heavy (non-hydrogen) atoms. The van der Waals surface area contributed by atoms with Crippen molar-refractivity contribution in [3.63, 3.8) is 0 Å². The molecule has 0 fully saturated rings. The van der Waals surface area contributed by atoms with Gasteiger partial charge in [-0.05, 0) is 41.1 Å². The predicted molar refractivity (Wildman–Crippen MR) is 66.5 cm³/mol. The number of benzene rings is 1. The van der Waals surface area contributed by atoms with Crippen molar-refractivity contribution >= 4 is 21.8 Å². The number of nitrogens with one attached hydrogen (secondary N) is 1. The van der Waals surface area contributed by atoms with Gasteiger partial charge in [-0.25, -0.2) is 0 Å². The molecule has 0 heterocycles. The Labute approximate surface area is 103 Å². The van der Waals surface area contributed by atoms with Gasteiger partial charge in [0.2, 0.25) is 0 Å². The van der Waals surface area contributed by atoms with Crippen molar-refractivity contribution in [1.29, 1.82) is 0 Å².